The van der Waals surface area contributed by atoms with E-state index in [9.17, 15) is 4.79 Å². The Labute approximate surface area is 200 Å². The second kappa shape index (κ2) is 9.95. The van der Waals surface area contributed by atoms with Gasteiger partial charge in [-0.1, -0.05) is 30.3 Å². The zero-order chi connectivity index (χ0) is 22.8. The summed E-state index contributed by atoms with van der Waals surface area (Å²) in [6.07, 6.45) is 9.58. The fourth-order valence-corrected chi connectivity index (χ4v) is 7.45. The van der Waals surface area contributed by atoms with Crippen LogP contribution in [0.2, 0.25) is 0 Å². The Hall–Kier alpha value is -1.59. The predicted octanol–water partition coefficient (Wildman–Crippen LogP) is 4.81. The fourth-order valence-electron chi connectivity index (χ4n) is 7.45. The molecule has 0 bridgehead atoms. The minimum atomic E-state index is 0.0355. The number of ether oxygens (including phenoxy) is 1. The molecule has 3 saturated heterocycles. The number of fused-ring (bicyclic) bond motifs is 1. The molecule has 3 aliphatic heterocycles. The topological polar surface area (TPSA) is 36.0 Å². The molecule has 3 heterocycles. The van der Waals surface area contributed by atoms with Gasteiger partial charge in [0, 0.05) is 38.4 Å². The number of aryl methyl sites for hydroxylation is 1. The molecule has 4 aliphatic rings. The van der Waals surface area contributed by atoms with E-state index in [4.69, 9.17) is 4.74 Å². The second-order valence-electron chi connectivity index (χ2n) is 11.4. The highest BCUT2D eigenvalue weighted by Gasteiger charge is 2.58. The predicted molar refractivity (Wildman–Crippen MR) is 132 cm³/mol. The van der Waals surface area contributed by atoms with E-state index < -0.39 is 0 Å². The minimum Gasteiger partial charge on any atom is -0.381 e. The average molecular weight is 454 g/mol. The van der Waals surface area contributed by atoms with Crippen molar-refractivity contribution in [3.05, 3.63) is 35.9 Å². The maximum Gasteiger partial charge on any atom is 0.320 e. The van der Waals surface area contributed by atoms with Gasteiger partial charge in [-0.3, -0.25) is 0 Å². The van der Waals surface area contributed by atoms with Gasteiger partial charge in [0.25, 0.3) is 0 Å². The molecule has 2 amide bonds. The highest BCUT2D eigenvalue weighted by atomic mass is 16.5. The van der Waals surface area contributed by atoms with Gasteiger partial charge in [0.15, 0.2) is 0 Å². The third-order valence-corrected chi connectivity index (χ3v) is 8.83. The van der Waals surface area contributed by atoms with Crippen molar-refractivity contribution >= 4 is 6.03 Å². The van der Waals surface area contributed by atoms with Gasteiger partial charge in [-0.15, -0.1) is 0 Å². The average Bonchev–Trinajstić information content (AvgIpc) is 3.31. The van der Waals surface area contributed by atoms with Crippen LogP contribution in [0.1, 0.15) is 64.4 Å². The summed E-state index contributed by atoms with van der Waals surface area (Å²) in [5, 5.41) is 0. The lowest BCUT2D eigenvalue weighted by atomic mass is 9.90. The number of nitrogens with zero attached hydrogens (tertiary/aromatic N) is 3. The van der Waals surface area contributed by atoms with Crippen LogP contribution in [0.5, 0.6) is 0 Å². The molecule has 1 aromatic rings. The molecule has 5 heteroatoms. The van der Waals surface area contributed by atoms with E-state index in [0.29, 0.717) is 18.0 Å². The van der Waals surface area contributed by atoms with Crippen molar-refractivity contribution in [2.75, 3.05) is 39.4 Å². The molecular weight excluding hydrogens is 410 g/mol. The van der Waals surface area contributed by atoms with E-state index in [2.05, 4.69) is 58.9 Å². The molecule has 1 saturated carbocycles. The summed E-state index contributed by atoms with van der Waals surface area (Å²) in [6, 6.07) is 12.1. The first-order valence-corrected chi connectivity index (χ1v) is 13.5. The Morgan fingerprint density at radius 1 is 1.09 bits per heavy atom. The van der Waals surface area contributed by atoms with Crippen LogP contribution in [-0.4, -0.2) is 77.7 Å². The quantitative estimate of drug-likeness (QED) is 0.595. The first kappa shape index (κ1) is 23.2. The van der Waals surface area contributed by atoms with Crippen LogP contribution in [0, 0.1) is 11.8 Å². The van der Waals surface area contributed by atoms with Crippen LogP contribution < -0.4 is 0 Å². The summed E-state index contributed by atoms with van der Waals surface area (Å²) in [6.45, 7) is 10.4. The largest absolute Gasteiger partial charge is 0.381 e. The molecule has 3 atom stereocenters. The molecule has 33 heavy (non-hydrogen) atoms. The number of piperidine rings is 1. The minimum absolute atomic E-state index is 0.0355. The Morgan fingerprint density at radius 3 is 2.64 bits per heavy atom. The van der Waals surface area contributed by atoms with Crippen LogP contribution >= 0.6 is 0 Å². The highest BCUT2D eigenvalue weighted by Crippen LogP contribution is 2.49. The van der Waals surface area contributed by atoms with Crippen molar-refractivity contribution in [2.45, 2.75) is 82.8 Å². The summed E-state index contributed by atoms with van der Waals surface area (Å²) >= 11 is 0. The molecule has 3 unspecified atom stereocenters. The van der Waals surface area contributed by atoms with Crippen molar-refractivity contribution in [1.29, 1.82) is 0 Å². The molecule has 0 aromatic heterocycles. The molecule has 0 radical (unpaired) electrons. The number of carbonyl (C=O) groups excluding carboxylic acids is 1. The second-order valence-corrected chi connectivity index (χ2v) is 11.4. The molecular formula is C28H43N3O2. The maximum absolute atomic E-state index is 13.6. The molecule has 1 aromatic carbocycles. The van der Waals surface area contributed by atoms with E-state index in [1.54, 1.807) is 0 Å². The Morgan fingerprint density at radius 2 is 1.88 bits per heavy atom. The number of hydrogen-bond donors (Lipinski definition) is 0. The number of rotatable bonds is 7. The van der Waals surface area contributed by atoms with Crippen molar-refractivity contribution in [2.24, 2.45) is 11.8 Å². The van der Waals surface area contributed by atoms with E-state index in [1.807, 2.05) is 0 Å². The summed E-state index contributed by atoms with van der Waals surface area (Å²) in [5.74, 6) is 1.34. The third-order valence-electron chi connectivity index (χ3n) is 8.83. The summed E-state index contributed by atoms with van der Waals surface area (Å²) in [5.41, 5.74) is 1.48. The number of amides is 2. The summed E-state index contributed by atoms with van der Waals surface area (Å²) < 4.78 is 5.56. The first-order chi connectivity index (χ1) is 16.1. The maximum atomic E-state index is 13.6. The van der Waals surface area contributed by atoms with Crippen LogP contribution in [0.4, 0.5) is 4.79 Å². The van der Waals surface area contributed by atoms with Crippen molar-refractivity contribution < 1.29 is 9.53 Å². The molecule has 1 aliphatic carbocycles. The Balaban J connectivity index is 1.26. The first-order valence-electron chi connectivity index (χ1n) is 13.5. The molecule has 0 N–H and O–H groups in total. The van der Waals surface area contributed by atoms with Crippen LogP contribution in [0.25, 0.3) is 0 Å². The van der Waals surface area contributed by atoms with Gasteiger partial charge in [-0.2, -0.15) is 0 Å². The van der Waals surface area contributed by atoms with E-state index in [-0.39, 0.29) is 11.6 Å². The summed E-state index contributed by atoms with van der Waals surface area (Å²) in [7, 11) is 0. The standard InChI is InChI=1S/C28H43N3O2/c1-22(2)31-27(32)30(20-24-12-16-33-17-13-24)21-28(31)18-25-11-7-15-29(26(25)19-28)14-6-10-23-8-4-3-5-9-23/h3-5,8-9,22,24-26H,6-7,10-21H2,1-2H3. The number of carbonyl (C=O) groups is 1. The monoisotopic (exact) mass is 453 g/mol. The number of urea groups is 1. The molecule has 5 rings (SSSR count). The van der Waals surface area contributed by atoms with Crippen LogP contribution in [0.15, 0.2) is 30.3 Å². The van der Waals surface area contributed by atoms with Crippen molar-refractivity contribution in [3.63, 3.8) is 0 Å². The van der Waals surface area contributed by atoms with Crippen LogP contribution in [-0.2, 0) is 11.2 Å². The van der Waals surface area contributed by atoms with Crippen molar-refractivity contribution in [3.8, 4) is 0 Å². The van der Waals surface area contributed by atoms with E-state index in [0.717, 1.165) is 57.9 Å². The number of hydrogen-bond acceptors (Lipinski definition) is 3. The lowest BCUT2D eigenvalue weighted by Crippen LogP contribution is -2.50. The van der Waals surface area contributed by atoms with Crippen molar-refractivity contribution in [1.82, 2.24) is 14.7 Å². The van der Waals surface area contributed by atoms with Crippen LogP contribution in [0.3, 0.4) is 0 Å². The van der Waals surface area contributed by atoms with Gasteiger partial charge in [0.1, 0.15) is 0 Å². The smallest absolute Gasteiger partial charge is 0.320 e. The third kappa shape index (κ3) is 4.81. The van der Waals surface area contributed by atoms with Gasteiger partial charge >= 0.3 is 6.03 Å². The van der Waals surface area contributed by atoms with E-state index >= 15 is 0 Å². The van der Waals surface area contributed by atoms with Gasteiger partial charge in [0.05, 0.1) is 5.54 Å². The molecule has 182 valence electrons. The van der Waals surface area contributed by atoms with Gasteiger partial charge in [0.2, 0.25) is 0 Å². The SMILES string of the molecule is CC(C)N1C(=O)N(CC2CCOCC2)CC12CC1CCCN(CCCc3ccccc3)C1C2. The lowest BCUT2D eigenvalue weighted by Gasteiger charge is -2.38. The Bertz CT molecular complexity index is 794. The number of likely N-dealkylation sites (tertiary alicyclic amines) is 1. The van der Waals surface area contributed by atoms with E-state index in [1.165, 1.54) is 44.3 Å². The number of benzene rings is 1. The normalized spacial score (nSPS) is 31.2. The zero-order valence-electron chi connectivity index (χ0n) is 20.8. The van der Waals surface area contributed by atoms with Gasteiger partial charge in [-0.25, -0.2) is 4.79 Å². The van der Waals surface area contributed by atoms with Gasteiger partial charge in [-0.05, 0) is 95.7 Å². The summed E-state index contributed by atoms with van der Waals surface area (Å²) in [4.78, 5) is 20.9. The zero-order valence-corrected chi connectivity index (χ0v) is 20.8. The Kier molecular flexibility index (Phi) is 6.99. The molecule has 1 spiro atoms. The lowest BCUT2D eigenvalue weighted by molar-refractivity contribution is 0.0575. The highest BCUT2D eigenvalue weighted by molar-refractivity contribution is 5.78. The van der Waals surface area contributed by atoms with Gasteiger partial charge < -0.3 is 19.4 Å². The fraction of sp³-hybridized carbons (Fsp3) is 0.750. The molecule has 4 fully saturated rings. The molecule has 5 nitrogen and oxygen atoms in total.